The average Bonchev–Trinajstić information content (AvgIpc) is 2.69. The predicted octanol–water partition coefficient (Wildman–Crippen LogP) is 7.58. The summed E-state index contributed by atoms with van der Waals surface area (Å²) in [6.45, 7) is 8.29. The second kappa shape index (κ2) is 9.19. The molecule has 0 spiro atoms. The molecule has 3 aromatic rings. The fourth-order valence-corrected chi connectivity index (χ4v) is 4.16. The van der Waals surface area contributed by atoms with Crippen LogP contribution in [-0.4, -0.2) is 0 Å². The molecule has 0 saturated carbocycles. The first-order valence-corrected chi connectivity index (χ1v) is 11.2. The van der Waals surface area contributed by atoms with Crippen molar-refractivity contribution in [1.29, 1.82) is 0 Å². The molecule has 0 saturated heterocycles. The van der Waals surface area contributed by atoms with Crippen LogP contribution in [0.15, 0.2) is 78.9 Å². The van der Waals surface area contributed by atoms with Crippen molar-refractivity contribution in [1.82, 2.24) is 0 Å². The third-order valence-electron chi connectivity index (χ3n) is 4.45. The Bertz CT molecular complexity index is 983. The number of hydrogen-bond acceptors (Lipinski definition) is 4. The molecule has 152 valence electrons. The Hall–Kier alpha value is -2.71. The van der Waals surface area contributed by atoms with E-state index in [4.69, 9.17) is 13.6 Å². The highest BCUT2D eigenvalue weighted by molar-refractivity contribution is 7.49. The standard InChI is InChI=1S/C24H27O4P/c1-18(2)20-11-10-14-22(17-20)27-29(25,26-21-12-6-5-7-13-21)28-24-16-9-8-15-23(24)19(3)4/h5-19H,1-4H3. The lowest BCUT2D eigenvalue weighted by atomic mass is 10.0. The fraction of sp³-hybridized carbons (Fsp3) is 0.250. The summed E-state index contributed by atoms with van der Waals surface area (Å²) in [7, 11) is -4.00. The predicted molar refractivity (Wildman–Crippen MR) is 117 cm³/mol. The van der Waals surface area contributed by atoms with Gasteiger partial charge < -0.3 is 13.6 Å². The van der Waals surface area contributed by atoms with Gasteiger partial charge in [-0.1, -0.05) is 76.2 Å². The van der Waals surface area contributed by atoms with Gasteiger partial charge in [-0.15, -0.1) is 0 Å². The number of para-hydroxylation sites is 2. The van der Waals surface area contributed by atoms with Crippen molar-refractivity contribution in [3.8, 4) is 17.2 Å². The maximum absolute atomic E-state index is 13.7. The van der Waals surface area contributed by atoms with E-state index >= 15 is 0 Å². The highest BCUT2D eigenvalue weighted by Gasteiger charge is 2.34. The van der Waals surface area contributed by atoms with Gasteiger partial charge in [0.2, 0.25) is 0 Å². The molecule has 0 fully saturated rings. The zero-order valence-corrected chi connectivity index (χ0v) is 18.1. The summed E-state index contributed by atoms with van der Waals surface area (Å²) in [5.74, 6) is 1.85. The van der Waals surface area contributed by atoms with Gasteiger partial charge in [-0.3, -0.25) is 0 Å². The third kappa shape index (κ3) is 5.65. The molecule has 0 aromatic heterocycles. The molecule has 3 rings (SSSR count). The number of hydrogen-bond donors (Lipinski definition) is 0. The maximum Gasteiger partial charge on any atom is 0.647 e. The fourth-order valence-electron chi connectivity index (χ4n) is 2.89. The Morgan fingerprint density at radius 1 is 0.655 bits per heavy atom. The summed E-state index contributed by atoms with van der Waals surface area (Å²) in [4.78, 5) is 0. The molecule has 0 radical (unpaired) electrons. The Balaban J connectivity index is 1.96. The van der Waals surface area contributed by atoms with Crippen molar-refractivity contribution in [3.05, 3.63) is 90.0 Å². The summed E-state index contributed by atoms with van der Waals surface area (Å²) in [6, 6.07) is 23.9. The lowest BCUT2D eigenvalue weighted by Gasteiger charge is -2.22. The SMILES string of the molecule is CC(C)c1cccc(OP(=O)(Oc2ccccc2)Oc2ccccc2C(C)C)c1. The Kier molecular flexibility index (Phi) is 6.66. The molecular formula is C24H27O4P. The summed E-state index contributed by atoms with van der Waals surface area (Å²) >= 11 is 0. The van der Waals surface area contributed by atoms with Gasteiger partial charge in [-0.05, 0) is 53.3 Å². The molecule has 3 aromatic carbocycles. The number of benzene rings is 3. The van der Waals surface area contributed by atoms with Gasteiger partial charge in [0, 0.05) is 0 Å². The van der Waals surface area contributed by atoms with Crippen LogP contribution in [0.2, 0.25) is 0 Å². The van der Waals surface area contributed by atoms with Crippen LogP contribution in [0.3, 0.4) is 0 Å². The van der Waals surface area contributed by atoms with Gasteiger partial charge >= 0.3 is 7.82 Å². The largest absolute Gasteiger partial charge is 0.647 e. The topological polar surface area (TPSA) is 44.8 Å². The quantitative estimate of drug-likeness (QED) is 0.359. The molecule has 0 N–H and O–H groups in total. The minimum Gasteiger partial charge on any atom is -0.386 e. The maximum atomic E-state index is 13.7. The zero-order chi connectivity index (χ0) is 20.9. The lowest BCUT2D eigenvalue weighted by Crippen LogP contribution is -2.09. The molecule has 0 heterocycles. The van der Waals surface area contributed by atoms with E-state index in [0.29, 0.717) is 23.2 Å². The molecule has 0 aliphatic heterocycles. The molecule has 0 aliphatic rings. The van der Waals surface area contributed by atoms with Crippen LogP contribution in [0.1, 0.15) is 50.7 Å². The third-order valence-corrected chi connectivity index (χ3v) is 5.74. The lowest BCUT2D eigenvalue weighted by molar-refractivity contribution is 0.297. The van der Waals surface area contributed by atoms with Crippen molar-refractivity contribution in [3.63, 3.8) is 0 Å². The van der Waals surface area contributed by atoms with E-state index in [0.717, 1.165) is 11.1 Å². The minimum atomic E-state index is -4.00. The van der Waals surface area contributed by atoms with Gasteiger partial charge in [-0.25, -0.2) is 0 Å². The van der Waals surface area contributed by atoms with Crippen LogP contribution in [0, 0.1) is 0 Å². The van der Waals surface area contributed by atoms with Crippen LogP contribution < -0.4 is 13.6 Å². The summed E-state index contributed by atoms with van der Waals surface area (Å²) in [5, 5.41) is 0. The molecule has 1 unspecified atom stereocenters. The van der Waals surface area contributed by atoms with E-state index in [1.165, 1.54) is 0 Å². The Morgan fingerprint density at radius 2 is 1.28 bits per heavy atom. The molecule has 5 heteroatoms. The van der Waals surface area contributed by atoms with Crippen LogP contribution in [0.5, 0.6) is 17.2 Å². The normalized spacial score (nSPS) is 13.2. The van der Waals surface area contributed by atoms with E-state index in [1.807, 2.05) is 42.5 Å². The van der Waals surface area contributed by atoms with Gasteiger partial charge in [-0.2, -0.15) is 4.57 Å². The van der Waals surface area contributed by atoms with E-state index in [-0.39, 0.29) is 5.92 Å². The monoisotopic (exact) mass is 410 g/mol. The van der Waals surface area contributed by atoms with Crippen molar-refractivity contribution in [2.24, 2.45) is 0 Å². The molecular weight excluding hydrogens is 383 g/mol. The minimum absolute atomic E-state index is 0.195. The van der Waals surface area contributed by atoms with E-state index in [1.54, 1.807) is 36.4 Å². The summed E-state index contributed by atoms with van der Waals surface area (Å²) in [5.41, 5.74) is 2.01. The second-order valence-electron chi connectivity index (χ2n) is 7.45. The van der Waals surface area contributed by atoms with Crippen molar-refractivity contribution >= 4 is 7.82 Å². The van der Waals surface area contributed by atoms with E-state index < -0.39 is 7.82 Å². The number of rotatable bonds is 8. The first kappa shape index (κ1) is 21.0. The van der Waals surface area contributed by atoms with Gasteiger partial charge in [0.05, 0.1) is 0 Å². The Labute approximate surface area is 173 Å². The van der Waals surface area contributed by atoms with E-state index in [9.17, 15) is 4.57 Å². The van der Waals surface area contributed by atoms with Gasteiger partial charge in [0.1, 0.15) is 17.2 Å². The van der Waals surface area contributed by atoms with E-state index in [2.05, 4.69) is 27.7 Å². The van der Waals surface area contributed by atoms with Crippen LogP contribution in [0.25, 0.3) is 0 Å². The highest BCUT2D eigenvalue weighted by atomic mass is 31.2. The molecule has 1 atom stereocenters. The molecule has 0 amide bonds. The van der Waals surface area contributed by atoms with Crippen molar-refractivity contribution < 1.29 is 18.1 Å². The molecule has 29 heavy (non-hydrogen) atoms. The summed E-state index contributed by atoms with van der Waals surface area (Å²) in [6.07, 6.45) is 0. The number of phosphoric acid groups is 1. The highest BCUT2D eigenvalue weighted by Crippen LogP contribution is 2.51. The second-order valence-corrected chi connectivity index (χ2v) is 8.90. The van der Waals surface area contributed by atoms with Crippen LogP contribution in [0.4, 0.5) is 0 Å². The van der Waals surface area contributed by atoms with Gasteiger partial charge in [0.15, 0.2) is 0 Å². The summed E-state index contributed by atoms with van der Waals surface area (Å²) < 4.78 is 31.2. The Morgan fingerprint density at radius 3 is 1.97 bits per heavy atom. The van der Waals surface area contributed by atoms with Crippen molar-refractivity contribution in [2.75, 3.05) is 0 Å². The molecule has 0 bridgehead atoms. The average molecular weight is 410 g/mol. The van der Waals surface area contributed by atoms with Gasteiger partial charge in [0.25, 0.3) is 0 Å². The van der Waals surface area contributed by atoms with Crippen LogP contribution >= 0.6 is 7.82 Å². The first-order valence-electron chi connectivity index (χ1n) is 9.79. The van der Waals surface area contributed by atoms with Crippen LogP contribution in [-0.2, 0) is 4.57 Å². The smallest absolute Gasteiger partial charge is 0.386 e. The zero-order valence-electron chi connectivity index (χ0n) is 17.2. The molecule has 4 nitrogen and oxygen atoms in total. The number of phosphoric ester groups is 1. The molecule has 0 aliphatic carbocycles. The first-order chi connectivity index (χ1) is 13.9. The van der Waals surface area contributed by atoms with Crippen molar-refractivity contribution in [2.45, 2.75) is 39.5 Å².